The number of hydrogen-bond donors (Lipinski definition) is 0. The molecule has 0 atom stereocenters. The molecule has 0 bridgehead atoms. The molecule has 1 aliphatic heterocycles. The van der Waals surface area contributed by atoms with Crippen LogP contribution in [0.5, 0.6) is 17.2 Å². The molecular weight excluding hydrogens is 406 g/mol. The number of benzene rings is 2. The van der Waals surface area contributed by atoms with Crippen molar-refractivity contribution in [1.29, 1.82) is 0 Å². The van der Waals surface area contributed by atoms with Crippen LogP contribution in [0.3, 0.4) is 0 Å². The lowest BCUT2D eigenvalue weighted by molar-refractivity contribution is -0.140. The molecule has 30 heavy (non-hydrogen) atoms. The maximum absolute atomic E-state index is 12.9. The zero-order chi connectivity index (χ0) is 21.6. The highest BCUT2D eigenvalue weighted by atomic mass is 32.2. The number of piperidine rings is 1. The first-order valence-corrected chi connectivity index (χ1v) is 11.6. The number of rotatable bonds is 8. The van der Waals surface area contributed by atoms with Crippen LogP contribution in [-0.2, 0) is 14.8 Å². The van der Waals surface area contributed by atoms with E-state index in [2.05, 4.69) is 0 Å². The lowest BCUT2D eigenvalue weighted by Crippen LogP contribution is -2.41. The quantitative estimate of drug-likeness (QED) is 0.468. The van der Waals surface area contributed by atoms with Crippen molar-refractivity contribution in [3.05, 3.63) is 48.5 Å². The first-order valence-electron chi connectivity index (χ1n) is 10.1. The third kappa shape index (κ3) is 5.31. The number of ether oxygens (including phenoxy) is 3. The molecular formula is C22H27NO6S. The Morgan fingerprint density at radius 2 is 1.33 bits per heavy atom. The standard InChI is InChI=1S/C22H27NO6S/c1-3-27-18-5-7-20(8-6-18)29-22(24)17-13-15-23(16-14-17)30(25,26)21-11-9-19(10-12-21)28-4-2/h5-12,17H,3-4,13-16H2,1-2H3. The van der Waals surface area contributed by atoms with Crippen molar-refractivity contribution < 1.29 is 27.4 Å². The largest absolute Gasteiger partial charge is 0.494 e. The van der Waals surface area contributed by atoms with Gasteiger partial charge in [0.1, 0.15) is 17.2 Å². The molecule has 0 spiro atoms. The van der Waals surface area contributed by atoms with Gasteiger partial charge in [-0.25, -0.2) is 8.42 Å². The summed E-state index contributed by atoms with van der Waals surface area (Å²) in [4.78, 5) is 12.7. The number of carbonyl (C=O) groups is 1. The zero-order valence-corrected chi connectivity index (χ0v) is 18.1. The van der Waals surface area contributed by atoms with E-state index in [1.54, 1.807) is 48.5 Å². The number of sulfonamides is 1. The van der Waals surface area contributed by atoms with Crippen molar-refractivity contribution in [3.8, 4) is 17.2 Å². The van der Waals surface area contributed by atoms with Gasteiger partial charge in [-0.3, -0.25) is 4.79 Å². The molecule has 0 aliphatic carbocycles. The number of carbonyl (C=O) groups excluding carboxylic acids is 1. The smallest absolute Gasteiger partial charge is 0.314 e. The van der Waals surface area contributed by atoms with Gasteiger partial charge in [-0.05, 0) is 75.2 Å². The van der Waals surface area contributed by atoms with E-state index < -0.39 is 10.0 Å². The van der Waals surface area contributed by atoms with E-state index >= 15 is 0 Å². The van der Waals surface area contributed by atoms with Crippen molar-refractivity contribution in [1.82, 2.24) is 4.31 Å². The minimum absolute atomic E-state index is 0.223. The predicted molar refractivity (Wildman–Crippen MR) is 112 cm³/mol. The Balaban J connectivity index is 1.56. The van der Waals surface area contributed by atoms with Crippen molar-refractivity contribution in [2.45, 2.75) is 31.6 Å². The van der Waals surface area contributed by atoms with Gasteiger partial charge in [0, 0.05) is 13.1 Å². The van der Waals surface area contributed by atoms with Crippen LogP contribution in [0.25, 0.3) is 0 Å². The fraction of sp³-hybridized carbons (Fsp3) is 0.409. The normalized spacial score (nSPS) is 15.5. The Hall–Kier alpha value is -2.58. The van der Waals surface area contributed by atoms with Crippen molar-refractivity contribution in [2.24, 2.45) is 5.92 Å². The maximum Gasteiger partial charge on any atom is 0.314 e. The second kappa shape index (κ2) is 9.95. The highest BCUT2D eigenvalue weighted by Crippen LogP contribution is 2.27. The van der Waals surface area contributed by atoms with Crippen LogP contribution in [0.15, 0.2) is 53.4 Å². The second-order valence-corrected chi connectivity index (χ2v) is 8.85. The van der Waals surface area contributed by atoms with Gasteiger partial charge in [-0.15, -0.1) is 0 Å². The third-order valence-electron chi connectivity index (χ3n) is 4.91. The van der Waals surface area contributed by atoms with Crippen LogP contribution < -0.4 is 14.2 Å². The summed E-state index contributed by atoms with van der Waals surface area (Å²) in [6, 6.07) is 13.3. The number of nitrogens with zero attached hydrogens (tertiary/aromatic N) is 1. The molecule has 0 N–H and O–H groups in total. The average Bonchev–Trinajstić information content (AvgIpc) is 2.76. The fourth-order valence-electron chi connectivity index (χ4n) is 3.33. The molecule has 1 fully saturated rings. The van der Waals surface area contributed by atoms with Crippen LogP contribution in [-0.4, -0.2) is 45.0 Å². The van der Waals surface area contributed by atoms with Gasteiger partial charge < -0.3 is 14.2 Å². The highest BCUT2D eigenvalue weighted by Gasteiger charge is 2.33. The molecule has 1 saturated heterocycles. The van der Waals surface area contributed by atoms with Crippen molar-refractivity contribution in [2.75, 3.05) is 26.3 Å². The third-order valence-corrected chi connectivity index (χ3v) is 6.83. The summed E-state index contributed by atoms with van der Waals surface area (Å²) >= 11 is 0. The monoisotopic (exact) mass is 433 g/mol. The zero-order valence-electron chi connectivity index (χ0n) is 17.2. The van der Waals surface area contributed by atoms with Crippen LogP contribution in [0.4, 0.5) is 0 Å². The number of esters is 1. The Bertz CT molecular complexity index is 933. The molecule has 7 nitrogen and oxygen atoms in total. The molecule has 2 aromatic rings. The summed E-state index contributed by atoms with van der Waals surface area (Å²) in [6.07, 6.45) is 0.845. The molecule has 0 aromatic heterocycles. The van der Waals surface area contributed by atoms with E-state index in [-0.39, 0.29) is 29.9 Å². The van der Waals surface area contributed by atoms with Crippen LogP contribution in [0.2, 0.25) is 0 Å². The first-order chi connectivity index (χ1) is 14.4. The molecule has 162 valence electrons. The summed E-state index contributed by atoms with van der Waals surface area (Å²) in [5, 5.41) is 0. The van der Waals surface area contributed by atoms with Crippen LogP contribution in [0, 0.1) is 5.92 Å². The Kier molecular flexibility index (Phi) is 7.33. The highest BCUT2D eigenvalue weighted by molar-refractivity contribution is 7.89. The number of hydrogen-bond acceptors (Lipinski definition) is 6. The molecule has 0 amide bonds. The van der Waals surface area contributed by atoms with E-state index in [1.165, 1.54) is 4.31 Å². The minimum atomic E-state index is -3.60. The maximum atomic E-state index is 12.9. The van der Waals surface area contributed by atoms with Gasteiger partial charge in [0.25, 0.3) is 0 Å². The van der Waals surface area contributed by atoms with E-state index in [0.717, 1.165) is 0 Å². The molecule has 2 aromatic carbocycles. The molecule has 1 aliphatic rings. The SMILES string of the molecule is CCOc1ccc(OC(=O)C2CCN(S(=O)(=O)c3ccc(OCC)cc3)CC2)cc1. The predicted octanol–water partition coefficient (Wildman–Crippen LogP) is 3.49. The van der Waals surface area contributed by atoms with Crippen molar-refractivity contribution >= 4 is 16.0 Å². The molecule has 0 saturated carbocycles. The van der Waals surface area contributed by atoms with E-state index in [0.29, 0.717) is 43.3 Å². The Morgan fingerprint density at radius 1 is 0.867 bits per heavy atom. The topological polar surface area (TPSA) is 82.1 Å². The van der Waals surface area contributed by atoms with Gasteiger partial charge in [0.2, 0.25) is 10.0 Å². The first kappa shape index (κ1) is 22.1. The van der Waals surface area contributed by atoms with E-state index in [4.69, 9.17) is 14.2 Å². The Labute approximate surface area is 177 Å². The molecule has 1 heterocycles. The van der Waals surface area contributed by atoms with Gasteiger partial charge in [0.15, 0.2) is 0 Å². The lowest BCUT2D eigenvalue weighted by Gasteiger charge is -2.30. The van der Waals surface area contributed by atoms with Gasteiger partial charge >= 0.3 is 5.97 Å². The van der Waals surface area contributed by atoms with Crippen LogP contribution in [0.1, 0.15) is 26.7 Å². The van der Waals surface area contributed by atoms with Gasteiger partial charge in [0.05, 0.1) is 24.0 Å². The lowest BCUT2D eigenvalue weighted by atomic mass is 9.98. The van der Waals surface area contributed by atoms with Crippen LogP contribution >= 0.6 is 0 Å². The second-order valence-electron chi connectivity index (χ2n) is 6.91. The molecule has 3 rings (SSSR count). The van der Waals surface area contributed by atoms with Gasteiger partial charge in [-0.1, -0.05) is 0 Å². The van der Waals surface area contributed by atoms with Crippen molar-refractivity contribution in [3.63, 3.8) is 0 Å². The average molecular weight is 434 g/mol. The van der Waals surface area contributed by atoms with E-state index in [9.17, 15) is 13.2 Å². The summed E-state index contributed by atoms with van der Waals surface area (Å²) < 4.78 is 43.3. The summed E-state index contributed by atoms with van der Waals surface area (Å²) in [5.74, 6) is 1.13. The Morgan fingerprint density at radius 3 is 1.83 bits per heavy atom. The fourth-order valence-corrected chi connectivity index (χ4v) is 4.80. The van der Waals surface area contributed by atoms with E-state index in [1.807, 2.05) is 13.8 Å². The summed E-state index contributed by atoms with van der Waals surface area (Å²) in [7, 11) is -3.60. The van der Waals surface area contributed by atoms with Gasteiger partial charge in [-0.2, -0.15) is 4.31 Å². The summed E-state index contributed by atoms with van der Waals surface area (Å²) in [5.41, 5.74) is 0. The summed E-state index contributed by atoms with van der Waals surface area (Å²) in [6.45, 7) is 5.41. The molecule has 0 unspecified atom stereocenters. The minimum Gasteiger partial charge on any atom is -0.494 e. The molecule has 0 radical (unpaired) electrons. The molecule has 8 heteroatoms.